The highest BCUT2D eigenvalue weighted by Gasteiger charge is 2.08. The van der Waals surface area contributed by atoms with E-state index in [9.17, 15) is 5.11 Å². The number of methoxy groups -OCH3 is 1. The zero-order chi connectivity index (χ0) is 11.3. The van der Waals surface area contributed by atoms with Gasteiger partial charge in [0, 0.05) is 0 Å². The van der Waals surface area contributed by atoms with Crippen LogP contribution < -0.4 is 9.47 Å². The molecule has 1 N–H and O–H groups in total. The normalized spacial score (nSPS) is 12.3. The van der Waals surface area contributed by atoms with Crippen molar-refractivity contribution in [2.45, 2.75) is 26.4 Å². The van der Waals surface area contributed by atoms with Crippen molar-refractivity contribution >= 4 is 0 Å². The van der Waals surface area contributed by atoms with E-state index in [1.54, 1.807) is 20.1 Å². The second-order valence-electron chi connectivity index (χ2n) is 3.43. The Kier molecular flexibility index (Phi) is 4.43. The molecular weight excluding hydrogens is 192 g/mol. The Morgan fingerprint density at radius 3 is 2.60 bits per heavy atom. The summed E-state index contributed by atoms with van der Waals surface area (Å²) >= 11 is 0. The van der Waals surface area contributed by atoms with Gasteiger partial charge in [0.15, 0.2) is 11.5 Å². The number of ether oxygens (including phenoxy) is 2. The Morgan fingerprint density at radius 1 is 1.33 bits per heavy atom. The zero-order valence-corrected chi connectivity index (χ0v) is 9.49. The molecule has 1 rings (SSSR count). The van der Waals surface area contributed by atoms with Crippen LogP contribution in [-0.4, -0.2) is 18.8 Å². The third-order valence-electron chi connectivity index (χ3n) is 2.13. The first kappa shape index (κ1) is 11.9. The lowest BCUT2D eigenvalue weighted by Gasteiger charge is -2.12. The Balaban J connectivity index is 2.88. The highest BCUT2D eigenvalue weighted by molar-refractivity contribution is 5.43. The second kappa shape index (κ2) is 5.61. The maximum Gasteiger partial charge on any atom is 0.161 e. The first-order chi connectivity index (χ1) is 7.19. The van der Waals surface area contributed by atoms with Crippen LogP contribution in [0.4, 0.5) is 0 Å². The van der Waals surface area contributed by atoms with E-state index in [1.165, 1.54) is 0 Å². The van der Waals surface area contributed by atoms with Gasteiger partial charge in [0.1, 0.15) is 0 Å². The maximum absolute atomic E-state index is 9.41. The molecular formula is C12H18O3. The second-order valence-corrected chi connectivity index (χ2v) is 3.43. The quantitative estimate of drug-likeness (QED) is 0.811. The van der Waals surface area contributed by atoms with E-state index in [1.807, 2.05) is 12.1 Å². The molecule has 3 heteroatoms. The van der Waals surface area contributed by atoms with Gasteiger partial charge in [-0.15, -0.1) is 0 Å². The van der Waals surface area contributed by atoms with Crippen molar-refractivity contribution in [3.05, 3.63) is 23.8 Å². The van der Waals surface area contributed by atoms with Gasteiger partial charge in [-0.05, 0) is 31.0 Å². The largest absolute Gasteiger partial charge is 0.493 e. The molecule has 0 spiro atoms. The molecule has 0 saturated carbocycles. The summed E-state index contributed by atoms with van der Waals surface area (Å²) in [6.07, 6.45) is 0.473. The van der Waals surface area contributed by atoms with Gasteiger partial charge in [-0.2, -0.15) is 0 Å². The summed E-state index contributed by atoms with van der Waals surface area (Å²) in [6.45, 7) is 4.45. The molecule has 1 aromatic carbocycles. The van der Waals surface area contributed by atoms with E-state index in [0.29, 0.717) is 12.4 Å². The monoisotopic (exact) mass is 210 g/mol. The predicted molar refractivity (Wildman–Crippen MR) is 59.4 cm³/mol. The van der Waals surface area contributed by atoms with Gasteiger partial charge in [-0.25, -0.2) is 0 Å². The first-order valence-corrected chi connectivity index (χ1v) is 5.17. The summed E-state index contributed by atoms with van der Waals surface area (Å²) in [5.41, 5.74) is 0.829. The van der Waals surface area contributed by atoms with Crippen LogP contribution in [0.3, 0.4) is 0 Å². The van der Waals surface area contributed by atoms with Gasteiger partial charge < -0.3 is 14.6 Å². The van der Waals surface area contributed by atoms with Gasteiger partial charge >= 0.3 is 0 Å². The number of aliphatic hydroxyl groups excluding tert-OH is 1. The third kappa shape index (κ3) is 3.13. The smallest absolute Gasteiger partial charge is 0.161 e. The molecule has 0 bridgehead atoms. The molecule has 84 valence electrons. The average molecular weight is 210 g/mol. The highest BCUT2D eigenvalue weighted by Crippen LogP contribution is 2.30. The van der Waals surface area contributed by atoms with Crippen molar-refractivity contribution in [1.82, 2.24) is 0 Å². The summed E-state index contributed by atoms with van der Waals surface area (Å²) in [6, 6.07) is 5.48. The average Bonchev–Trinajstić information content (AvgIpc) is 2.25. The minimum atomic E-state index is -0.487. The standard InChI is InChI=1S/C12H18O3/c1-4-7-15-11-6-5-10(9(2)13)8-12(11)14-3/h5-6,8-9,13H,4,7H2,1-3H3. The highest BCUT2D eigenvalue weighted by atomic mass is 16.5. The van der Waals surface area contributed by atoms with E-state index in [0.717, 1.165) is 17.7 Å². The molecule has 0 aromatic heterocycles. The van der Waals surface area contributed by atoms with Crippen LogP contribution in [0.2, 0.25) is 0 Å². The summed E-state index contributed by atoms with van der Waals surface area (Å²) in [5.74, 6) is 1.39. The molecule has 1 aromatic rings. The Morgan fingerprint density at radius 2 is 2.07 bits per heavy atom. The number of hydrogen-bond acceptors (Lipinski definition) is 3. The lowest BCUT2D eigenvalue weighted by molar-refractivity contribution is 0.198. The Labute approximate surface area is 90.6 Å². The third-order valence-corrected chi connectivity index (χ3v) is 2.13. The summed E-state index contributed by atoms with van der Waals surface area (Å²) in [7, 11) is 1.60. The molecule has 0 radical (unpaired) electrons. The van der Waals surface area contributed by atoms with Gasteiger partial charge in [0.2, 0.25) is 0 Å². The Bertz CT molecular complexity index is 308. The van der Waals surface area contributed by atoms with E-state index >= 15 is 0 Å². The number of rotatable bonds is 5. The molecule has 3 nitrogen and oxygen atoms in total. The van der Waals surface area contributed by atoms with Crippen LogP contribution >= 0.6 is 0 Å². The van der Waals surface area contributed by atoms with E-state index in [4.69, 9.17) is 9.47 Å². The molecule has 15 heavy (non-hydrogen) atoms. The van der Waals surface area contributed by atoms with Crippen LogP contribution in [0, 0.1) is 0 Å². The minimum absolute atomic E-state index is 0.487. The minimum Gasteiger partial charge on any atom is -0.493 e. The van der Waals surface area contributed by atoms with E-state index in [-0.39, 0.29) is 0 Å². The first-order valence-electron chi connectivity index (χ1n) is 5.17. The molecule has 0 aliphatic rings. The van der Waals surface area contributed by atoms with Crippen LogP contribution in [0.5, 0.6) is 11.5 Å². The van der Waals surface area contributed by atoms with Gasteiger partial charge in [0.05, 0.1) is 19.8 Å². The van der Waals surface area contributed by atoms with Gasteiger partial charge in [-0.1, -0.05) is 13.0 Å². The fourth-order valence-electron chi connectivity index (χ4n) is 1.28. The van der Waals surface area contributed by atoms with Crippen molar-refractivity contribution in [3.8, 4) is 11.5 Å². The molecule has 1 unspecified atom stereocenters. The van der Waals surface area contributed by atoms with Crippen molar-refractivity contribution in [3.63, 3.8) is 0 Å². The number of hydrogen-bond donors (Lipinski definition) is 1. The molecule has 0 amide bonds. The molecule has 0 saturated heterocycles. The van der Waals surface area contributed by atoms with Crippen LogP contribution in [0.25, 0.3) is 0 Å². The topological polar surface area (TPSA) is 38.7 Å². The summed E-state index contributed by atoms with van der Waals surface area (Å²) < 4.78 is 10.7. The summed E-state index contributed by atoms with van der Waals surface area (Å²) in [4.78, 5) is 0. The molecule has 0 fully saturated rings. The summed E-state index contributed by atoms with van der Waals surface area (Å²) in [5, 5.41) is 9.41. The van der Waals surface area contributed by atoms with Gasteiger partial charge in [-0.3, -0.25) is 0 Å². The van der Waals surface area contributed by atoms with Crippen LogP contribution in [-0.2, 0) is 0 Å². The fraction of sp³-hybridized carbons (Fsp3) is 0.500. The van der Waals surface area contributed by atoms with Crippen LogP contribution in [0.1, 0.15) is 31.9 Å². The van der Waals surface area contributed by atoms with Crippen molar-refractivity contribution in [2.75, 3.05) is 13.7 Å². The van der Waals surface area contributed by atoms with Gasteiger partial charge in [0.25, 0.3) is 0 Å². The number of benzene rings is 1. The SMILES string of the molecule is CCCOc1ccc(C(C)O)cc1OC. The number of aliphatic hydroxyl groups is 1. The van der Waals surface area contributed by atoms with Crippen molar-refractivity contribution in [2.24, 2.45) is 0 Å². The molecule has 0 aliphatic carbocycles. The van der Waals surface area contributed by atoms with Crippen molar-refractivity contribution in [1.29, 1.82) is 0 Å². The maximum atomic E-state index is 9.41. The molecule has 0 aliphatic heterocycles. The van der Waals surface area contributed by atoms with Crippen LogP contribution in [0.15, 0.2) is 18.2 Å². The lowest BCUT2D eigenvalue weighted by atomic mass is 10.1. The molecule has 0 heterocycles. The predicted octanol–water partition coefficient (Wildman–Crippen LogP) is 2.54. The lowest BCUT2D eigenvalue weighted by Crippen LogP contribution is -1.99. The van der Waals surface area contributed by atoms with Crippen molar-refractivity contribution < 1.29 is 14.6 Å². The Hall–Kier alpha value is -1.22. The fourth-order valence-corrected chi connectivity index (χ4v) is 1.28. The zero-order valence-electron chi connectivity index (χ0n) is 9.49. The molecule has 1 atom stereocenters. The van der Waals surface area contributed by atoms with E-state index in [2.05, 4.69) is 6.92 Å². The van der Waals surface area contributed by atoms with E-state index < -0.39 is 6.10 Å².